The van der Waals surface area contributed by atoms with Crippen LogP contribution in [-0.4, -0.2) is 14.5 Å². The van der Waals surface area contributed by atoms with Crippen molar-refractivity contribution in [1.82, 2.24) is 9.38 Å². The van der Waals surface area contributed by atoms with E-state index in [9.17, 15) is 5.11 Å². The third-order valence-electron chi connectivity index (χ3n) is 4.86. The van der Waals surface area contributed by atoms with Crippen LogP contribution in [0, 0.1) is 6.92 Å². The summed E-state index contributed by atoms with van der Waals surface area (Å²) in [5, 5.41) is 9.78. The summed E-state index contributed by atoms with van der Waals surface area (Å²) < 4.78 is 2.22. The van der Waals surface area contributed by atoms with Crippen molar-refractivity contribution in [3.8, 4) is 5.75 Å². The van der Waals surface area contributed by atoms with E-state index in [1.54, 1.807) is 6.07 Å². The first kappa shape index (κ1) is 13.4. The van der Waals surface area contributed by atoms with Crippen molar-refractivity contribution in [3.63, 3.8) is 0 Å². The Labute approximate surface area is 130 Å². The molecule has 22 heavy (non-hydrogen) atoms. The number of benzene rings is 1. The van der Waals surface area contributed by atoms with Crippen molar-refractivity contribution in [2.24, 2.45) is 0 Å². The fourth-order valence-electron chi connectivity index (χ4n) is 3.79. The average Bonchev–Trinajstić information content (AvgIpc) is 2.89. The first-order valence-corrected chi connectivity index (χ1v) is 7.87. The van der Waals surface area contributed by atoms with Gasteiger partial charge in [0.05, 0.1) is 0 Å². The van der Waals surface area contributed by atoms with Gasteiger partial charge in [-0.05, 0) is 60.6 Å². The molecule has 4 rings (SSSR count). The fourth-order valence-corrected chi connectivity index (χ4v) is 3.79. The summed E-state index contributed by atoms with van der Waals surface area (Å²) >= 11 is 0. The lowest BCUT2D eigenvalue weighted by Gasteiger charge is -2.29. The molecule has 0 aliphatic heterocycles. The highest BCUT2D eigenvalue weighted by Crippen LogP contribution is 2.40. The summed E-state index contributed by atoms with van der Waals surface area (Å²) in [7, 11) is 0. The first-order chi connectivity index (χ1) is 10.6. The number of nitrogens with zero attached hydrogens (tertiary/aromatic N) is 2. The number of phenolic OH excluding ortho intramolecular Hbond substituents is 1. The lowest BCUT2D eigenvalue weighted by molar-refractivity contribution is 0.466. The van der Waals surface area contributed by atoms with E-state index in [1.165, 1.54) is 22.4 Å². The van der Waals surface area contributed by atoms with Gasteiger partial charge in [0, 0.05) is 24.0 Å². The normalized spacial score (nSPS) is 21.0. The van der Waals surface area contributed by atoms with Crippen LogP contribution in [-0.2, 0) is 6.42 Å². The second-order valence-corrected chi connectivity index (χ2v) is 6.54. The molecule has 2 heterocycles. The highest BCUT2D eigenvalue weighted by molar-refractivity contribution is 5.45. The highest BCUT2D eigenvalue weighted by Gasteiger charge is 2.27. The molecule has 112 valence electrons. The SMILES string of the molecule is Cc1ccc2ncc(C3Cc4cc(O)ccc4C(C)C3)n2c1. The molecule has 0 saturated carbocycles. The Hall–Kier alpha value is -2.29. The monoisotopic (exact) mass is 292 g/mol. The number of phenols is 1. The van der Waals surface area contributed by atoms with Gasteiger partial charge in [-0.3, -0.25) is 0 Å². The highest BCUT2D eigenvalue weighted by atomic mass is 16.3. The number of pyridine rings is 1. The summed E-state index contributed by atoms with van der Waals surface area (Å²) in [6.07, 6.45) is 6.27. The van der Waals surface area contributed by atoms with E-state index >= 15 is 0 Å². The van der Waals surface area contributed by atoms with E-state index in [4.69, 9.17) is 0 Å². The minimum absolute atomic E-state index is 0.362. The van der Waals surface area contributed by atoms with Gasteiger partial charge >= 0.3 is 0 Å². The van der Waals surface area contributed by atoms with E-state index in [-0.39, 0.29) is 0 Å². The van der Waals surface area contributed by atoms with Crippen LogP contribution in [0.15, 0.2) is 42.7 Å². The average molecular weight is 292 g/mol. The molecular weight excluding hydrogens is 272 g/mol. The smallest absolute Gasteiger partial charge is 0.136 e. The van der Waals surface area contributed by atoms with Gasteiger partial charge in [0.2, 0.25) is 0 Å². The second kappa shape index (κ2) is 4.87. The van der Waals surface area contributed by atoms with E-state index < -0.39 is 0 Å². The maximum Gasteiger partial charge on any atom is 0.136 e. The molecule has 3 heteroatoms. The Bertz CT molecular complexity index is 850. The lowest BCUT2D eigenvalue weighted by Crippen LogP contribution is -2.17. The van der Waals surface area contributed by atoms with Crippen LogP contribution in [0.3, 0.4) is 0 Å². The van der Waals surface area contributed by atoms with Crippen LogP contribution < -0.4 is 0 Å². The van der Waals surface area contributed by atoms with Crippen LogP contribution in [0.4, 0.5) is 0 Å². The lowest BCUT2D eigenvalue weighted by atomic mass is 9.76. The molecule has 0 bridgehead atoms. The minimum Gasteiger partial charge on any atom is -0.508 e. The molecule has 1 aromatic carbocycles. The first-order valence-electron chi connectivity index (χ1n) is 7.87. The molecule has 3 nitrogen and oxygen atoms in total. The van der Waals surface area contributed by atoms with Gasteiger partial charge < -0.3 is 9.51 Å². The maximum absolute atomic E-state index is 9.78. The summed E-state index contributed by atoms with van der Waals surface area (Å²) in [6, 6.07) is 9.97. The third kappa shape index (κ3) is 2.08. The van der Waals surface area contributed by atoms with Gasteiger partial charge in [-0.1, -0.05) is 19.1 Å². The predicted octanol–water partition coefficient (Wildman–Crippen LogP) is 4.18. The second-order valence-electron chi connectivity index (χ2n) is 6.54. The van der Waals surface area contributed by atoms with Crippen molar-refractivity contribution < 1.29 is 5.11 Å². The zero-order chi connectivity index (χ0) is 15.3. The van der Waals surface area contributed by atoms with E-state index in [0.29, 0.717) is 17.6 Å². The number of aromatic hydroxyl groups is 1. The third-order valence-corrected chi connectivity index (χ3v) is 4.86. The molecule has 3 aromatic rings. The number of aryl methyl sites for hydroxylation is 1. The zero-order valence-electron chi connectivity index (χ0n) is 13.0. The van der Waals surface area contributed by atoms with Gasteiger partial charge in [-0.25, -0.2) is 4.98 Å². The number of imidazole rings is 1. The van der Waals surface area contributed by atoms with Crippen LogP contribution in [0.25, 0.3) is 5.65 Å². The Morgan fingerprint density at radius 3 is 2.95 bits per heavy atom. The van der Waals surface area contributed by atoms with Crippen LogP contribution in [0.1, 0.15) is 47.6 Å². The molecule has 1 aliphatic rings. The Balaban J connectivity index is 1.78. The molecule has 1 aliphatic carbocycles. The Morgan fingerprint density at radius 1 is 1.23 bits per heavy atom. The molecule has 0 amide bonds. The largest absolute Gasteiger partial charge is 0.508 e. The molecule has 0 spiro atoms. The van der Waals surface area contributed by atoms with Crippen molar-refractivity contribution in [2.75, 3.05) is 0 Å². The van der Waals surface area contributed by atoms with Crippen LogP contribution >= 0.6 is 0 Å². The summed E-state index contributed by atoms with van der Waals surface area (Å²) in [6.45, 7) is 4.39. The summed E-state index contributed by atoms with van der Waals surface area (Å²) in [5.74, 6) is 1.31. The van der Waals surface area contributed by atoms with E-state index in [2.05, 4.69) is 47.6 Å². The topological polar surface area (TPSA) is 37.5 Å². The van der Waals surface area contributed by atoms with E-state index in [0.717, 1.165) is 18.5 Å². The van der Waals surface area contributed by atoms with Crippen molar-refractivity contribution in [2.45, 2.75) is 38.5 Å². The van der Waals surface area contributed by atoms with Crippen molar-refractivity contribution in [1.29, 1.82) is 0 Å². The fraction of sp³-hybridized carbons (Fsp3) is 0.316. The standard InChI is InChI=1S/C19H20N2O/c1-12-3-6-19-20-10-18(21(19)11-12)15-7-13(2)17-5-4-16(22)9-14(17)8-15/h3-6,9-11,13,15,22H,7-8H2,1-2H3. The number of hydrogen-bond donors (Lipinski definition) is 1. The van der Waals surface area contributed by atoms with Crippen LogP contribution in [0.2, 0.25) is 0 Å². The van der Waals surface area contributed by atoms with Gasteiger partial charge in [0.15, 0.2) is 0 Å². The van der Waals surface area contributed by atoms with Gasteiger partial charge in [0.1, 0.15) is 11.4 Å². The molecule has 0 saturated heterocycles. The number of fused-ring (bicyclic) bond motifs is 2. The molecule has 0 radical (unpaired) electrons. The van der Waals surface area contributed by atoms with Gasteiger partial charge in [-0.15, -0.1) is 0 Å². The molecular formula is C19H20N2O. The maximum atomic E-state index is 9.78. The predicted molar refractivity (Wildman–Crippen MR) is 87.5 cm³/mol. The summed E-state index contributed by atoms with van der Waals surface area (Å²) in [4.78, 5) is 4.55. The zero-order valence-corrected chi connectivity index (χ0v) is 13.0. The molecule has 0 fully saturated rings. The number of hydrogen-bond acceptors (Lipinski definition) is 2. The molecule has 1 N–H and O–H groups in total. The van der Waals surface area contributed by atoms with Gasteiger partial charge in [0.25, 0.3) is 0 Å². The van der Waals surface area contributed by atoms with E-state index in [1.807, 2.05) is 12.3 Å². The number of rotatable bonds is 1. The Kier molecular flexibility index (Phi) is 2.96. The minimum atomic E-state index is 0.362. The quantitative estimate of drug-likeness (QED) is 0.730. The Morgan fingerprint density at radius 2 is 2.09 bits per heavy atom. The van der Waals surface area contributed by atoms with Crippen LogP contribution in [0.5, 0.6) is 5.75 Å². The van der Waals surface area contributed by atoms with Gasteiger partial charge in [-0.2, -0.15) is 0 Å². The van der Waals surface area contributed by atoms with Crippen molar-refractivity contribution in [3.05, 3.63) is 65.1 Å². The number of aromatic nitrogens is 2. The molecule has 2 aromatic heterocycles. The molecule has 2 unspecified atom stereocenters. The molecule has 2 atom stereocenters. The summed E-state index contributed by atoms with van der Waals surface area (Å²) in [5.41, 5.74) is 6.17. The van der Waals surface area contributed by atoms with Crippen molar-refractivity contribution >= 4 is 5.65 Å².